The van der Waals surface area contributed by atoms with Crippen molar-refractivity contribution < 1.29 is 17.6 Å². The molecule has 0 aliphatic carbocycles. The van der Waals surface area contributed by atoms with Crippen molar-refractivity contribution in [1.29, 1.82) is 0 Å². The largest absolute Gasteiger partial charge is 0.293 e. The van der Waals surface area contributed by atoms with Crippen molar-refractivity contribution >= 4 is 27.4 Å². The number of nitrogens with one attached hydrogen (secondary N) is 1. The summed E-state index contributed by atoms with van der Waals surface area (Å²) >= 11 is 5.76. The van der Waals surface area contributed by atoms with Crippen LogP contribution in [0.1, 0.15) is 10.4 Å². The second kappa shape index (κ2) is 6.34. The zero-order chi connectivity index (χ0) is 15.5. The summed E-state index contributed by atoms with van der Waals surface area (Å²) in [5.74, 6) is -0.952. The Hall–Kier alpha value is -1.76. The molecule has 0 fully saturated rings. The molecule has 2 aromatic carbocycles. The fourth-order valence-electron chi connectivity index (χ4n) is 1.62. The van der Waals surface area contributed by atoms with Crippen molar-refractivity contribution in [2.45, 2.75) is 4.90 Å². The Labute approximate surface area is 126 Å². The molecule has 0 radical (unpaired) electrons. The zero-order valence-corrected chi connectivity index (χ0v) is 12.3. The van der Waals surface area contributed by atoms with Crippen molar-refractivity contribution in [2.24, 2.45) is 0 Å². The van der Waals surface area contributed by atoms with E-state index in [2.05, 4.69) is 4.72 Å². The predicted octanol–water partition coefficient (Wildman–Crippen LogP) is 2.64. The summed E-state index contributed by atoms with van der Waals surface area (Å²) in [6.45, 7) is -0.403. The highest BCUT2D eigenvalue weighted by Crippen LogP contribution is 2.12. The first-order valence-corrected chi connectivity index (χ1v) is 7.78. The van der Waals surface area contributed by atoms with Gasteiger partial charge in [0.15, 0.2) is 5.78 Å². The van der Waals surface area contributed by atoms with E-state index in [9.17, 15) is 17.6 Å². The number of Topliss-reactive ketones (excluding diaryl/α,β-unsaturated/α-hetero) is 1. The number of hydrogen-bond donors (Lipinski definition) is 1. The standard InChI is InChI=1S/C14H11ClFNO3S/c15-11-3-1-2-10(8-11)14(18)9-17-21(19,20)13-6-4-12(16)5-7-13/h1-8,17H,9H2. The first-order valence-electron chi connectivity index (χ1n) is 5.92. The summed E-state index contributed by atoms with van der Waals surface area (Å²) in [4.78, 5) is 11.8. The molecule has 7 heteroatoms. The summed E-state index contributed by atoms with van der Waals surface area (Å²) in [5.41, 5.74) is 0.310. The Kier molecular flexibility index (Phi) is 4.72. The molecule has 1 N–H and O–H groups in total. The lowest BCUT2D eigenvalue weighted by Gasteiger charge is -2.06. The lowest BCUT2D eigenvalue weighted by atomic mass is 10.1. The van der Waals surface area contributed by atoms with Gasteiger partial charge in [-0.3, -0.25) is 4.79 Å². The molecule has 0 aliphatic rings. The monoisotopic (exact) mass is 327 g/mol. The molecule has 0 saturated heterocycles. The SMILES string of the molecule is O=C(CNS(=O)(=O)c1ccc(F)cc1)c1cccc(Cl)c1. The number of benzene rings is 2. The van der Waals surface area contributed by atoms with E-state index in [0.29, 0.717) is 10.6 Å². The van der Waals surface area contributed by atoms with Crippen LogP contribution in [-0.4, -0.2) is 20.7 Å². The lowest BCUT2D eigenvalue weighted by molar-refractivity contribution is 0.0997. The van der Waals surface area contributed by atoms with Crippen molar-refractivity contribution in [3.05, 3.63) is 64.9 Å². The highest BCUT2D eigenvalue weighted by molar-refractivity contribution is 7.89. The number of ketones is 1. The summed E-state index contributed by atoms with van der Waals surface area (Å²) in [7, 11) is -3.86. The normalized spacial score (nSPS) is 11.3. The van der Waals surface area contributed by atoms with E-state index in [0.717, 1.165) is 24.3 Å². The molecule has 110 valence electrons. The fourth-order valence-corrected chi connectivity index (χ4v) is 2.79. The summed E-state index contributed by atoms with van der Waals surface area (Å²) in [6.07, 6.45) is 0. The van der Waals surface area contributed by atoms with Gasteiger partial charge < -0.3 is 0 Å². The number of carbonyl (C=O) groups is 1. The topological polar surface area (TPSA) is 63.2 Å². The molecule has 0 heterocycles. The van der Waals surface area contributed by atoms with E-state index in [-0.39, 0.29) is 4.90 Å². The molecule has 4 nitrogen and oxygen atoms in total. The molecule has 0 aliphatic heterocycles. The summed E-state index contributed by atoms with van der Waals surface area (Å²) in [6, 6.07) is 10.5. The van der Waals surface area contributed by atoms with Gasteiger partial charge in [0.1, 0.15) is 5.82 Å². The van der Waals surface area contributed by atoms with Gasteiger partial charge in [0.2, 0.25) is 10.0 Å². The zero-order valence-electron chi connectivity index (χ0n) is 10.7. The molecule has 2 aromatic rings. The predicted molar refractivity (Wildman–Crippen MR) is 77.4 cm³/mol. The number of sulfonamides is 1. The summed E-state index contributed by atoms with van der Waals surface area (Å²) < 4.78 is 38.8. The van der Waals surface area contributed by atoms with Crippen LogP contribution in [0.5, 0.6) is 0 Å². The Morgan fingerprint density at radius 1 is 1.14 bits per heavy atom. The number of carbonyl (C=O) groups excluding carboxylic acids is 1. The molecule has 0 aromatic heterocycles. The van der Waals surface area contributed by atoms with Gasteiger partial charge in [-0.2, -0.15) is 0 Å². The van der Waals surface area contributed by atoms with Crippen molar-refractivity contribution in [2.75, 3.05) is 6.54 Å². The second-order valence-electron chi connectivity index (χ2n) is 4.21. The van der Waals surface area contributed by atoms with Crippen LogP contribution in [0.25, 0.3) is 0 Å². The Bertz CT molecular complexity index is 760. The van der Waals surface area contributed by atoms with Crippen molar-refractivity contribution in [3.8, 4) is 0 Å². The quantitative estimate of drug-likeness (QED) is 0.859. The summed E-state index contributed by atoms with van der Waals surface area (Å²) in [5, 5.41) is 0.391. The lowest BCUT2D eigenvalue weighted by Crippen LogP contribution is -2.29. The van der Waals surface area contributed by atoms with Crippen molar-refractivity contribution in [3.63, 3.8) is 0 Å². The van der Waals surface area contributed by atoms with Gasteiger partial charge >= 0.3 is 0 Å². The highest BCUT2D eigenvalue weighted by Gasteiger charge is 2.16. The number of rotatable bonds is 5. The minimum absolute atomic E-state index is 0.109. The molecular weight excluding hydrogens is 317 g/mol. The molecule has 0 saturated carbocycles. The minimum Gasteiger partial charge on any atom is -0.293 e. The Balaban J connectivity index is 2.08. The number of hydrogen-bond acceptors (Lipinski definition) is 3. The first kappa shape index (κ1) is 15.6. The minimum atomic E-state index is -3.86. The molecule has 0 bridgehead atoms. The van der Waals surface area contributed by atoms with Gasteiger partial charge in [-0.25, -0.2) is 17.5 Å². The smallest absolute Gasteiger partial charge is 0.240 e. The van der Waals surface area contributed by atoms with Crippen LogP contribution in [0.15, 0.2) is 53.4 Å². The molecule has 21 heavy (non-hydrogen) atoms. The average Bonchev–Trinajstić information content (AvgIpc) is 2.45. The van der Waals surface area contributed by atoms with Crippen LogP contribution < -0.4 is 4.72 Å². The van der Waals surface area contributed by atoms with E-state index in [1.165, 1.54) is 6.07 Å². The third-order valence-corrected chi connectivity index (χ3v) is 4.35. The van der Waals surface area contributed by atoms with Crippen LogP contribution in [-0.2, 0) is 10.0 Å². The third-order valence-electron chi connectivity index (χ3n) is 2.69. The van der Waals surface area contributed by atoms with Gasteiger partial charge in [-0.1, -0.05) is 23.7 Å². The maximum absolute atomic E-state index is 12.8. The van der Waals surface area contributed by atoms with Crippen LogP contribution >= 0.6 is 11.6 Å². The maximum atomic E-state index is 12.8. The third kappa shape index (κ3) is 4.10. The molecule has 0 spiro atoms. The molecule has 0 atom stereocenters. The Morgan fingerprint density at radius 3 is 2.43 bits per heavy atom. The van der Waals surface area contributed by atoms with E-state index in [1.807, 2.05) is 0 Å². The first-order chi connectivity index (χ1) is 9.88. The fraction of sp³-hybridized carbons (Fsp3) is 0.0714. The van der Waals surface area contributed by atoms with Gasteiger partial charge in [-0.05, 0) is 36.4 Å². The van der Waals surface area contributed by atoms with E-state index in [4.69, 9.17) is 11.6 Å². The maximum Gasteiger partial charge on any atom is 0.240 e. The number of halogens is 2. The second-order valence-corrected chi connectivity index (χ2v) is 6.42. The average molecular weight is 328 g/mol. The van der Waals surface area contributed by atoms with Crippen LogP contribution in [0.3, 0.4) is 0 Å². The van der Waals surface area contributed by atoms with Gasteiger partial charge in [0, 0.05) is 10.6 Å². The van der Waals surface area contributed by atoms with Gasteiger partial charge in [0.25, 0.3) is 0 Å². The van der Waals surface area contributed by atoms with Crippen LogP contribution in [0.2, 0.25) is 5.02 Å². The van der Waals surface area contributed by atoms with Crippen LogP contribution in [0, 0.1) is 5.82 Å². The molecule has 2 rings (SSSR count). The highest BCUT2D eigenvalue weighted by atomic mass is 35.5. The van der Waals surface area contributed by atoms with Gasteiger partial charge in [0.05, 0.1) is 11.4 Å². The Morgan fingerprint density at radius 2 is 1.81 bits per heavy atom. The molecule has 0 amide bonds. The van der Waals surface area contributed by atoms with Gasteiger partial charge in [-0.15, -0.1) is 0 Å². The molecular formula is C14H11ClFNO3S. The van der Waals surface area contributed by atoms with E-state index in [1.54, 1.807) is 18.2 Å². The van der Waals surface area contributed by atoms with Crippen LogP contribution in [0.4, 0.5) is 4.39 Å². The molecule has 0 unspecified atom stereocenters. The van der Waals surface area contributed by atoms with Crippen molar-refractivity contribution in [1.82, 2.24) is 4.72 Å². The van der Waals surface area contributed by atoms with E-state index >= 15 is 0 Å². The van der Waals surface area contributed by atoms with E-state index < -0.39 is 28.2 Å².